The zero-order valence-corrected chi connectivity index (χ0v) is 17.2. The lowest BCUT2D eigenvalue weighted by atomic mass is 10.00. The van der Waals surface area contributed by atoms with E-state index >= 15 is 0 Å². The topological polar surface area (TPSA) is 59.6 Å². The van der Waals surface area contributed by atoms with Gasteiger partial charge in [-0.05, 0) is 24.6 Å². The molecule has 0 bridgehead atoms. The van der Waals surface area contributed by atoms with Crippen molar-refractivity contribution in [2.45, 2.75) is 26.4 Å². The second kappa shape index (κ2) is 8.57. The molecule has 6 nitrogen and oxygen atoms in total. The van der Waals surface area contributed by atoms with Gasteiger partial charge >= 0.3 is 0 Å². The van der Waals surface area contributed by atoms with Gasteiger partial charge in [0, 0.05) is 42.9 Å². The molecule has 3 aromatic rings. The number of nitrogens with one attached hydrogen (secondary N) is 1. The summed E-state index contributed by atoms with van der Waals surface area (Å²) in [6.07, 6.45) is 0.959. The fourth-order valence-corrected chi connectivity index (χ4v) is 3.87. The summed E-state index contributed by atoms with van der Waals surface area (Å²) in [5.41, 5.74) is 5.67. The van der Waals surface area contributed by atoms with Crippen LogP contribution in [0.2, 0.25) is 0 Å². The Morgan fingerprint density at radius 2 is 1.79 bits per heavy atom. The van der Waals surface area contributed by atoms with Crippen molar-refractivity contribution in [3.8, 4) is 28.5 Å². The Hall–Kier alpha value is -2.99. The van der Waals surface area contributed by atoms with Crippen LogP contribution in [0.1, 0.15) is 23.7 Å². The molecule has 0 amide bonds. The van der Waals surface area contributed by atoms with Gasteiger partial charge in [-0.3, -0.25) is 10.00 Å². The summed E-state index contributed by atoms with van der Waals surface area (Å²) < 4.78 is 16.9. The first-order chi connectivity index (χ1) is 14.2. The fraction of sp³-hybridized carbons (Fsp3) is 0.348. The van der Waals surface area contributed by atoms with Gasteiger partial charge in [0.1, 0.15) is 0 Å². The van der Waals surface area contributed by atoms with Gasteiger partial charge in [-0.25, -0.2) is 0 Å². The van der Waals surface area contributed by atoms with Crippen LogP contribution in [0.3, 0.4) is 0 Å². The minimum absolute atomic E-state index is 0.540. The molecule has 1 N–H and O–H groups in total. The zero-order chi connectivity index (χ0) is 20.2. The maximum Gasteiger partial charge on any atom is 0.203 e. The van der Waals surface area contributed by atoms with Crippen LogP contribution < -0.4 is 14.2 Å². The summed E-state index contributed by atoms with van der Waals surface area (Å²) >= 11 is 0. The van der Waals surface area contributed by atoms with Gasteiger partial charge < -0.3 is 14.2 Å². The Balaban J connectivity index is 1.65. The summed E-state index contributed by atoms with van der Waals surface area (Å²) in [6, 6.07) is 14.5. The summed E-state index contributed by atoms with van der Waals surface area (Å²) in [4.78, 5) is 2.46. The number of hydrogen-bond acceptors (Lipinski definition) is 5. The maximum absolute atomic E-state index is 5.73. The lowest BCUT2D eigenvalue weighted by Gasteiger charge is -2.27. The number of aromatic amines is 1. The molecule has 0 unspecified atom stereocenters. The first-order valence-electron chi connectivity index (χ1n) is 9.95. The average Bonchev–Trinajstić information content (AvgIpc) is 3.18. The van der Waals surface area contributed by atoms with Crippen molar-refractivity contribution in [1.29, 1.82) is 0 Å². The molecular weight excluding hydrogens is 366 g/mol. The van der Waals surface area contributed by atoms with Crippen molar-refractivity contribution in [2.75, 3.05) is 27.4 Å². The lowest BCUT2D eigenvalue weighted by molar-refractivity contribution is 0.245. The fourth-order valence-electron chi connectivity index (χ4n) is 3.87. The summed E-state index contributed by atoms with van der Waals surface area (Å²) in [6.45, 7) is 5.28. The Bertz CT molecular complexity index is 944. The standard InChI is InChI=1S/C23H27N3O3/c1-4-29-23-20(27-2)12-17(13-21(23)28-3)22-18-15-26(11-10-19(18)24-25-22)14-16-8-6-5-7-9-16/h5-9,12-13H,4,10-11,14-15H2,1-3H3,(H,24,25). The molecule has 0 saturated carbocycles. The van der Waals surface area contributed by atoms with E-state index in [1.54, 1.807) is 14.2 Å². The quantitative estimate of drug-likeness (QED) is 0.656. The van der Waals surface area contributed by atoms with Crippen molar-refractivity contribution < 1.29 is 14.2 Å². The van der Waals surface area contributed by atoms with Gasteiger partial charge in [-0.1, -0.05) is 30.3 Å². The van der Waals surface area contributed by atoms with Gasteiger partial charge in [0.25, 0.3) is 0 Å². The number of fused-ring (bicyclic) bond motifs is 1. The third-order valence-corrected chi connectivity index (χ3v) is 5.28. The Kier molecular flexibility index (Phi) is 5.71. The highest BCUT2D eigenvalue weighted by molar-refractivity contribution is 5.71. The van der Waals surface area contributed by atoms with Crippen molar-refractivity contribution in [1.82, 2.24) is 15.1 Å². The molecule has 0 aliphatic carbocycles. The number of ether oxygens (including phenoxy) is 3. The zero-order valence-electron chi connectivity index (χ0n) is 17.2. The third kappa shape index (κ3) is 3.93. The molecular formula is C23H27N3O3. The summed E-state index contributed by atoms with van der Waals surface area (Å²) in [5, 5.41) is 7.87. The van der Waals surface area contributed by atoms with Gasteiger partial charge in [0.15, 0.2) is 11.5 Å². The molecule has 0 fully saturated rings. The van der Waals surface area contributed by atoms with Crippen LogP contribution in [0.5, 0.6) is 17.2 Å². The number of aromatic nitrogens is 2. The van der Waals surface area contributed by atoms with Crippen molar-refractivity contribution in [3.63, 3.8) is 0 Å². The van der Waals surface area contributed by atoms with Crippen molar-refractivity contribution >= 4 is 0 Å². The number of H-pyrrole nitrogens is 1. The van der Waals surface area contributed by atoms with E-state index in [0.717, 1.165) is 37.3 Å². The van der Waals surface area contributed by atoms with Gasteiger partial charge in [0.05, 0.1) is 26.5 Å². The van der Waals surface area contributed by atoms with Gasteiger partial charge in [-0.2, -0.15) is 5.10 Å². The Morgan fingerprint density at radius 1 is 1.07 bits per heavy atom. The lowest BCUT2D eigenvalue weighted by Crippen LogP contribution is -2.29. The van der Waals surface area contributed by atoms with Crippen LogP contribution in [0, 0.1) is 0 Å². The number of benzene rings is 2. The maximum atomic E-state index is 5.73. The monoisotopic (exact) mass is 393 g/mol. The van der Waals surface area contributed by atoms with E-state index in [9.17, 15) is 0 Å². The van der Waals surface area contributed by atoms with E-state index in [0.29, 0.717) is 23.9 Å². The molecule has 1 aromatic heterocycles. The molecule has 0 saturated heterocycles. The Morgan fingerprint density at radius 3 is 2.45 bits per heavy atom. The second-order valence-electron chi connectivity index (χ2n) is 7.12. The van der Waals surface area contributed by atoms with E-state index in [4.69, 9.17) is 14.2 Å². The normalized spacial score (nSPS) is 13.8. The highest BCUT2D eigenvalue weighted by atomic mass is 16.5. The predicted octanol–water partition coefficient (Wildman–Crippen LogP) is 4.05. The predicted molar refractivity (Wildman–Crippen MR) is 113 cm³/mol. The number of methoxy groups -OCH3 is 2. The molecule has 2 aromatic carbocycles. The SMILES string of the molecule is CCOc1c(OC)cc(-c2n[nH]c3c2CN(Cc2ccccc2)CC3)cc1OC. The molecule has 4 rings (SSSR count). The van der Waals surface area contributed by atoms with Crippen LogP contribution in [0.25, 0.3) is 11.3 Å². The highest BCUT2D eigenvalue weighted by Crippen LogP contribution is 2.42. The number of hydrogen-bond donors (Lipinski definition) is 1. The average molecular weight is 393 g/mol. The number of rotatable bonds is 7. The van der Waals surface area contributed by atoms with E-state index in [-0.39, 0.29) is 0 Å². The smallest absolute Gasteiger partial charge is 0.203 e. The van der Waals surface area contributed by atoms with Crippen LogP contribution >= 0.6 is 0 Å². The molecule has 0 atom stereocenters. The molecule has 6 heteroatoms. The molecule has 1 aliphatic rings. The van der Waals surface area contributed by atoms with E-state index in [2.05, 4.69) is 45.4 Å². The minimum Gasteiger partial charge on any atom is -0.493 e. The van der Waals surface area contributed by atoms with E-state index < -0.39 is 0 Å². The Labute approximate surface area is 171 Å². The minimum atomic E-state index is 0.540. The molecule has 0 radical (unpaired) electrons. The first kappa shape index (κ1) is 19.3. The van der Waals surface area contributed by atoms with Crippen LogP contribution in [0.15, 0.2) is 42.5 Å². The van der Waals surface area contributed by atoms with E-state index in [1.807, 2.05) is 19.1 Å². The second-order valence-corrected chi connectivity index (χ2v) is 7.12. The highest BCUT2D eigenvalue weighted by Gasteiger charge is 2.24. The largest absolute Gasteiger partial charge is 0.493 e. The van der Waals surface area contributed by atoms with Gasteiger partial charge in [-0.15, -0.1) is 0 Å². The van der Waals surface area contributed by atoms with E-state index in [1.165, 1.54) is 16.8 Å². The molecule has 2 heterocycles. The molecule has 1 aliphatic heterocycles. The third-order valence-electron chi connectivity index (χ3n) is 5.28. The van der Waals surface area contributed by atoms with Crippen LogP contribution in [-0.4, -0.2) is 42.5 Å². The van der Waals surface area contributed by atoms with Gasteiger partial charge in [0.2, 0.25) is 5.75 Å². The van der Waals surface area contributed by atoms with Crippen LogP contribution in [-0.2, 0) is 19.5 Å². The van der Waals surface area contributed by atoms with Crippen molar-refractivity contribution in [3.05, 3.63) is 59.3 Å². The number of nitrogens with zero attached hydrogens (tertiary/aromatic N) is 2. The molecule has 0 spiro atoms. The molecule has 152 valence electrons. The first-order valence-corrected chi connectivity index (χ1v) is 9.95. The summed E-state index contributed by atoms with van der Waals surface area (Å²) in [7, 11) is 3.28. The van der Waals surface area contributed by atoms with Crippen LogP contribution in [0.4, 0.5) is 0 Å². The van der Waals surface area contributed by atoms with Crippen molar-refractivity contribution in [2.24, 2.45) is 0 Å². The molecule has 29 heavy (non-hydrogen) atoms. The summed E-state index contributed by atoms with van der Waals surface area (Å²) in [5.74, 6) is 1.92.